The van der Waals surface area contributed by atoms with Crippen molar-refractivity contribution in [2.45, 2.75) is 13.0 Å². The number of hydrogen-bond acceptors (Lipinski definition) is 7. The fourth-order valence-electron chi connectivity index (χ4n) is 5.18. The van der Waals surface area contributed by atoms with Gasteiger partial charge in [0.2, 0.25) is 0 Å². The molecule has 2 aromatic carbocycles. The number of nitrogens with zero attached hydrogens (tertiary/aromatic N) is 6. The molecule has 2 N–H and O–H groups in total. The number of imidazole rings is 1. The topological polar surface area (TPSA) is 90.3 Å². The number of anilines is 4. The Morgan fingerprint density at radius 3 is 2.33 bits per heavy atom. The number of morpholine rings is 1. The van der Waals surface area contributed by atoms with Crippen LogP contribution in [0.2, 0.25) is 0 Å². The van der Waals surface area contributed by atoms with Crippen molar-refractivity contribution in [3.05, 3.63) is 67.0 Å². The number of rotatable bonds is 5. The van der Waals surface area contributed by atoms with Gasteiger partial charge in [-0.2, -0.15) is 5.10 Å². The highest BCUT2D eigenvalue weighted by Gasteiger charge is 2.23. The van der Waals surface area contributed by atoms with E-state index in [-0.39, 0.29) is 12.1 Å². The number of ether oxygens (including phenoxy) is 1. The molecular formula is C29H34N8O2. The van der Waals surface area contributed by atoms with Gasteiger partial charge in [-0.15, -0.1) is 0 Å². The Morgan fingerprint density at radius 1 is 0.949 bits per heavy atom. The molecule has 0 spiro atoms. The zero-order valence-corrected chi connectivity index (χ0v) is 22.4. The average molecular weight is 527 g/mol. The number of carbonyl (C=O) groups excluding carboxylic acids is 1. The summed E-state index contributed by atoms with van der Waals surface area (Å²) in [5.41, 5.74) is 6.31. The van der Waals surface area contributed by atoms with E-state index in [1.165, 1.54) is 5.69 Å². The molecule has 10 nitrogen and oxygen atoms in total. The van der Waals surface area contributed by atoms with Gasteiger partial charge in [0.15, 0.2) is 5.65 Å². The molecule has 0 unspecified atom stereocenters. The minimum Gasteiger partial charge on any atom is -0.377 e. The zero-order chi connectivity index (χ0) is 26.8. The Balaban J connectivity index is 1.12. The maximum Gasteiger partial charge on any atom is 0.323 e. The van der Waals surface area contributed by atoms with E-state index in [2.05, 4.69) is 62.5 Å². The van der Waals surface area contributed by atoms with Crippen molar-refractivity contribution < 1.29 is 9.53 Å². The lowest BCUT2D eigenvalue weighted by atomic mass is 10.1. The molecule has 1 atom stereocenters. The number of amides is 2. The molecule has 0 aliphatic carbocycles. The summed E-state index contributed by atoms with van der Waals surface area (Å²) in [6.45, 7) is 8.49. The first-order chi connectivity index (χ1) is 19.0. The quantitative estimate of drug-likeness (QED) is 0.406. The van der Waals surface area contributed by atoms with Crippen LogP contribution in [0.5, 0.6) is 0 Å². The highest BCUT2D eigenvalue weighted by atomic mass is 16.5. The van der Waals surface area contributed by atoms with Crippen LogP contribution in [0.3, 0.4) is 0 Å². The summed E-state index contributed by atoms with van der Waals surface area (Å²) in [5.74, 6) is 0. The molecule has 6 rings (SSSR count). The lowest BCUT2D eigenvalue weighted by Gasteiger charge is -2.35. The minimum atomic E-state index is -0.281. The van der Waals surface area contributed by atoms with E-state index in [0.717, 1.165) is 61.0 Å². The third-order valence-corrected chi connectivity index (χ3v) is 7.45. The Labute approximate surface area is 228 Å². The van der Waals surface area contributed by atoms with Gasteiger partial charge >= 0.3 is 6.03 Å². The first-order valence-electron chi connectivity index (χ1n) is 13.4. The van der Waals surface area contributed by atoms with Crippen LogP contribution in [0.25, 0.3) is 16.9 Å². The minimum absolute atomic E-state index is 0.252. The van der Waals surface area contributed by atoms with E-state index in [0.29, 0.717) is 18.9 Å². The molecule has 2 saturated heterocycles. The van der Waals surface area contributed by atoms with Crippen LogP contribution >= 0.6 is 0 Å². The maximum absolute atomic E-state index is 12.7. The Bertz CT molecular complexity index is 1430. The largest absolute Gasteiger partial charge is 0.377 e. The number of benzene rings is 2. The van der Waals surface area contributed by atoms with Gasteiger partial charge in [0.25, 0.3) is 0 Å². The fourth-order valence-corrected chi connectivity index (χ4v) is 5.18. The highest BCUT2D eigenvalue weighted by molar-refractivity contribution is 6.00. The number of nitrogens with one attached hydrogen (secondary N) is 2. The molecule has 2 aliphatic heterocycles. The summed E-state index contributed by atoms with van der Waals surface area (Å²) in [7, 11) is 2.15. The third-order valence-electron chi connectivity index (χ3n) is 7.45. The summed E-state index contributed by atoms with van der Waals surface area (Å²) in [5, 5.41) is 10.6. The normalized spacial score (nSPS) is 18.4. The van der Waals surface area contributed by atoms with Gasteiger partial charge in [-0.05, 0) is 56.4 Å². The van der Waals surface area contributed by atoms with E-state index in [1.54, 1.807) is 6.20 Å². The lowest BCUT2D eigenvalue weighted by molar-refractivity contribution is 0.0990. The monoisotopic (exact) mass is 526 g/mol. The summed E-state index contributed by atoms with van der Waals surface area (Å²) in [4.78, 5) is 24.2. The molecule has 202 valence electrons. The van der Waals surface area contributed by atoms with Crippen molar-refractivity contribution in [3.63, 3.8) is 0 Å². The summed E-state index contributed by atoms with van der Waals surface area (Å²) < 4.78 is 7.45. The number of urea groups is 1. The van der Waals surface area contributed by atoms with Crippen LogP contribution in [-0.4, -0.2) is 84.6 Å². The first-order valence-corrected chi connectivity index (χ1v) is 13.4. The van der Waals surface area contributed by atoms with Crippen LogP contribution in [-0.2, 0) is 4.74 Å². The van der Waals surface area contributed by atoms with Gasteiger partial charge in [0.1, 0.15) is 0 Å². The molecular weight excluding hydrogens is 492 g/mol. The summed E-state index contributed by atoms with van der Waals surface area (Å²) >= 11 is 0. The fraction of sp³-hybridized carbons (Fsp3) is 0.345. The molecule has 2 aromatic heterocycles. The summed E-state index contributed by atoms with van der Waals surface area (Å²) in [6.07, 6.45) is 3.64. The van der Waals surface area contributed by atoms with Crippen molar-refractivity contribution in [2.75, 3.05) is 73.4 Å². The van der Waals surface area contributed by atoms with Gasteiger partial charge in [-0.1, -0.05) is 12.1 Å². The van der Waals surface area contributed by atoms with Gasteiger partial charge in [0, 0.05) is 73.8 Å². The molecule has 2 fully saturated rings. The highest BCUT2D eigenvalue weighted by Crippen LogP contribution is 2.29. The number of carbonyl (C=O) groups is 1. The van der Waals surface area contributed by atoms with Crippen LogP contribution in [0, 0.1) is 0 Å². The first kappa shape index (κ1) is 25.1. The van der Waals surface area contributed by atoms with Gasteiger partial charge in [-0.3, -0.25) is 0 Å². The number of aromatic nitrogens is 3. The summed E-state index contributed by atoms with van der Waals surface area (Å²) in [6, 6.07) is 17.8. The second kappa shape index (κ2) is 10.9. The molecule has 4 aromatic rings. The van der Waals surface area contributed by atoms with Crippen molar-refractivity contribution in [1.82, 2.24) is 19.5 Å². The Hall–Kier alpha value is -4.15. The smallest absolute Gasteiger partial charge is 0.323 e. The third kappa shape index (κ3) is 5.52. The van der Waals surface area contributed by atoms with Crippen molar-refractivity contribution >= 4 is 34.4 Å². The number of piperazine rings is 1. The molecule has 0 bridgehead atoms. The van der Waals surface area contributed by atoms with Gasteiger partial charge < -0.3 is 30.1 Å². The standard InChI is InChI=1S/C29H34N8O2/c1-21-20-39-18-17-36(21)27-19-26(33-37-12-11-30-28(27)37)22-3-5-23(6-4-22)31-29(38)32-24-7-9-25(10-8-24)35-15-13-34(2)14-16-35/h3-12,19,21H,13-18,20H2,1-2H3,(H2,31,32,38)/t21-/m0/s1. The lowest BCUT2D eigenvalue weighted by Crippen LogP contribution is -2.44. The Morgan fingerprint density at radius 2 is 1.64 bits per heavy atom. The van der Waals surface area contributed by atoms with Crippen molar-refractivity contribution in [2.24, 2.45) is 0 Å². The second-order valence-electron chi connectivity index (χ2n) is 10.2. The number of hydrogen-bond donors (Lipinski definition) is 2. The predicted molar refractivity (Wildman–Crippen MR) is 155 cm³/mol. The van der Waals surface area contributed by atoms with Crippen molar-refractivity contribution in [1.29, 1.82) is 0 Å². The molecule has 2 amide bonds. The van der Waals surface area contributed by atoms with Crippen molar-refractivity contribution in [3.8, 4) is 11.3 Å². The molecule has 4 heterocycles. The van der Waals surface area contributed by atoms with E-state index < -0.39 is 0 Å². The molecule has 39 heavy (non-hydrogen) atoms. The second-order valence-corrected chi connectivity index (χ2v) is 10.2. The maximum atomic E-state index is 12.7. The zero-order valence-electron chi connectivity index (χ0n) is 22.4. The van der Waals surface area contributed by atoms with Gasteiger partial charge in [-0.25, -0.2) is 14.3 Å². The molecule has 0 saturated carbocycles. The van der Waals surface area contributed by atoms with Crippen LogP contribution in [0.15, 0.2) is 67.0 Å². The van der Waals surface area contributed by atoms with E-state index >= 15 is 0 Å². The average Bonchev–Trinajstić information content (AvgIpc) is 3.43. The molecule has 0 radical (unpaired) electrons. The van der Waals surface area contributed by atoms with E-state index in [9.17, 15) is 4.79 Å². The Kier molecular flexibility index (Phi) is 7.04. The number of likely N-dealkylation sites (N-methyl/N-ethyl adjacent to an activating group) is 1. The predicted octanol–water partition coefficient (Wildman–Crippen LogP) is 4.02. The van der Waals surface area contributed by atoms with Gasteiger partial charge in [0.05, 0.1) is 24.6 Å². The van der Waals surface area contributed by atoms with Crippen LogP contribution in [0.1, 0.15) is 6.92 Å². The van der Waals surface area contributed by atoms with Crippen LogP contribution in [0.4, 0.5) is 27.5 Å². The van der Waals surface area contributed by atoms with E-state index in [4.69, 9.17) is 9.84 Å². The molecule has 2 aliphatic rings. The van der Waals surface area contributed by atoms with Crippen LogP contribution < -0.4 is 20.4 Å². The molecule has 10 heteroatoms. The van der Waals surface area contributed by atoms with E-state index in [1.807, 2.05) is 47.1 Å². The SMILES string of the molecule is C[C@H]1COCCN1c1cc(-c2ccc(NC(=O)Nc3ccc(N4CCN(C)CC4)cc3)cc2)nn2ccnc12. The number of fused-ring (bicyclic) bond motifs is 1.